The van der Waals surface area contributed by atoms with Crippen molar-refractivity contribution >= 4 is 23.7 Å². The summed E-state index contributed by atoms with van der Waals surface area (Å²) in [6.45, 7) is 4.13. The summed E-state index contributed by atoms with van der Waals surface area (Å²) in [5, 5.41) is 25.4. The Balaban J connectivity index is 2.88. The maximum Gasteiger partial charge on any atom is 0.322 e. The van der Waals surface area contributed by atoms with Gasteiger partial charge < -0.3 is 26.2 Å². The van der Waals surface area contributed by atoms with Crippen LogP contribution in [0.3, 0.4) is 0 Å². The summed E-state index contributed by atoms with van der Waals surface area (Å²) in [4.78, 5) is 46.9. The van der Waals surface area contributed by atoms with Gasteiger partial charge in [-0.25, -0.2) is 0 Å². The first-order valence-corrected chi connectivity index (χ1v) is 8.45. The lowest BCUT2D eigenvalue weighted by atomic mass is 10.0. The van der Waals surface area contributed by atoms with E-state index in [1.165, 1.54) is 19.1 Å². The Kier molecular flexibility index (Phi) is 8.25. The molecular formula is C18H25N3O6. The molecule has 0 saturated heterocycles. The molecule has 1 rings (SSSR count). The Morgan fingerprint density at radius 2 is 1.59 bits per heavy atom. The zero-order chi connectivity index (χ0) is 20.6. The Morgan fingerprint density at radius 1 is 1.00 bits per heavy atom. The van der Waals surface area contributed by atoms with Crippen LogP contribution in [0.4, 0.5) is 0 Å². The third-order valence-corrected chi connectivity index (χ3v) is 3.73. The fourth-order valence-corrected chi connectivity index (χ4v) is 2.38. The third-order valence-electron chi connectivity index (χ3n) is 3.73. The van der Waals surface area contributed by atoms with E-state index in [0.29, 0.717) is 5.56 Å². The lowest BCUT2D eigenvalue weighted by Crippen LogP contribution is -2.56. The van der Waals surface area contributed by atoms with E-state index in [2.05, 4.69) is 16.0 Å². The molecule has 9 heteroatoms. The first-order chi connectivity index (χ1) is 12.6. The van der Waals surface area contributed by atoms with Crippen LogP contribution in [0.25, 0.3) is 0 Å². The van der Waals surface area contributed by atoms with Crippen LogP contribution in [0.2, 0.25) is 0 Å². The average Bonchev–Trinajstić information content (AvgIpc) is 2.57. The maximum absolute atomic E-state index is 12.6. The minimum atomic E-state index is -1.19. The fourth-order valence-electron chi connectivity index (χ4n) is 2.38. The van der Waals surface area contributed by atoms with Gasteiger partial charge in [0.2, 0.25) is 17.7 Å². The van der Waals surface area contributed by atoms with Gasteiger partial charge in [-0.1, -0.05) is 26.0 Å². The van der Waals surface area contributed by atoms with Gasteiger partial charge in [-0.15, -0.1) is 0 Å². The van der Waals surface area contributed by atoms with Gasteiger partial charge in [0, 0.05) is 13.3 Å². The van der Waals surface area contributed by atoms with E-state index in [-0.39, 0.29) is 18.1 Å². The Hall–Kier alpha value is -3.10. The summed E-state index contributed by atoms with van der Waals surface area (Å²) >= 11 is 0. The molecule has 0 aliphatic rings. The van der Waals surface area contributed by atoms with Crippen LogP contribution in [0.5, 0.6) is 5.75 Å². The van der Waals surface area contributed by atoms with Crippen molar-refractivity contribution in [3.05, 3.63) is 29.8 Å². The quantitative estimate of drug-likeness (QED) is 0.401. The number of hydrogen-bond donors (Lipinski definition) is 5. The molecular weight excluding hydrogens is 354 g/mol. The van der Waals surface area contributed by atoms with Crippen molar-refractivity contribution in [1.29, 1.82) is 0 Å². The smallest absolute Gasteiger partial charge is 0.322 e. The van der Waals surface area contributed by atoms with E-state index in [1.807, 2.05) is 0 Å². The predicted molar refractivity (Wildman–Crippen MR) is 96.8 cm³/mol. The Bertz CT molecular complexity index is 687. The summed E-state index contributed by atoms with van der Waals surface area (Å²) in [5.74, 6) is -3.01. The van der Waals surface area contributed by atoms with Crippen molar-refractivity contribution in [2.75, 3.05) is 6.54 Å². The predicted octanol–water partition coefficient (Wildman–Crippen LogP) is -0.219. The maximum atomic E-state index is 12.6. The summed E-state index contributed by atoms with van der Waals surface area (Å²) in [7, 11) is 0. The van der Waals surface area contributed by atoms with Gasteiger partial charge in [0.1, 0.15) is 24.4 Å². The lowest BCUT2D eigenvalue weighted by Gasteiger charge is -2.25. The third kappa shape index (κ3) is 7.76. The van der Waals surface area contributed by atoms with Crippen LogP contribution < -0.4 is 16.0 Å². The zero-order valence-corrected chi connectivity index (χ0v) is 15.5. The summed E-state index contributed by atoms with van der Waals surface area (Å²) < 4.78 is 0. The van der Waals surface area contributed by atoms with E-state index in [9.17, 15) is 24.3 Å². The van der Waals surface area contributed by atoms with Crippen LogP contribution in [0.15, 0.2) is 24.3 Å². The minimum absolute atomic E-state index is 0.0780. The lowest BCUT2D eigenvalue weighted by molar-refractivity contribution is -0.138. The van der Waals surface area contributed by atoms with Crippen LogP contribution in [-0.4, -0.2) is 52.5 Å². The Labute approximate surface area is 157 Å². The number of hydrogen-bond acceptors (Lipinski definition) is 5. The van der Waals surface area contributed by atoms with Gasteiger partial charge in [-0.3, -0.25) is 19.2 Å². The number of carboxylic acids is 1. The summed E-state index contributed by atoms with van der Waals surface area (Å²) in [6, 6.07) is 4.30. The molecule has 2 atom stereocenters. The number of aromatic hydroxyl groups is 1. The molecule has 1 aromatic carbocycles. The highest BCUT2D eigenvalue weighted by molar-refractivity contribution is 5.92. The standard InChI is InChI=1S/C18H25N3O6/c1-10(2)16(18(27)19-9-15(24)25)21-17(26)14(20-11(3)22)8-12-4-6-13(23)7-5-12/h4-7,10,14,16,23H,8-9H2,1-3H3,(H,19,27)(H,20,22)(H,21,26)(H,24,25)/t14-,16-/m0/s1. The molecule has 0 spiro atoms. The first kappa shape index (κ1) is 21.9. The molecule has 0 fully saturated rings. The molecule has 0 aromatic heterocycles. The zero-order valence-electron chi connectivity index (χ0n) is 15.5. The highest BCUT2D eigenvalue weighted by Crippen LogP contribution is 2.12. The first-order valence-electron chi connectivity index (χ1n) is 8.45. The number of phenolic OH excluding ortho intramolecular Hbond substituents is 1. The van der Waals surface area contributed by atoms with Crippen LogP contribution in [0.1, 0.15) is 26.3 Å². The highest BCUT2D eigenvalue weighted by Gasteiger charge is 2.28. The van der Waals surface area contributed by atoms with Crippen molar-refractivity contribution in [1.82, 2.24) is 16.0 Å². The van der Waals surface area contributed by atoms with Gasteiger partial charge in [0.05, 0.1) is 0 Å². The van der Waals surface area contributed by atoms with Crippen LogP contribution >= 0.6 is 0 Å². The molecule has 9 nitrogen and oxygen atoms in total. The second-order valence-corrected chi connectivity index (χ2v) is 6.47. The number of carboxylic acid groups (broad SMARTS) is 1. The van der Waals surface area contributed by atoms with Crippen LogP contribution in [-0.2, 0) is 25.6 Å². The molecule has 5 N–H and O–H groups in total. The number of carbonyl (C=O) groups excluding carboxylic acids is 3. The average molecular weight is 379 g/mol. The van der Waals surface area contributed by atoms with Gasteiger partial charge >= 0.3 is 5.97 Å². The monoisotopic (exact) mass is 379 g/mol. The largest absolute Gasteiger partial charge is 0.508 e. The molecule has 0 unspecified atom stereocenters. The van der Waals surface area contributed by atoms with Crippen molar-refractivity contribution < 1.29 is 29.4 Å². The number of benzene rings is 1. The van der Waals surface area contributed by atoms with Gasteiger partial charge in [-0.2, -0.15) is 0 Å². The van der Waals surface area contributed by atoms with Crippen molar-refractivity contribution in [2.45, 2.75) is 39.3 Å². The molecule has 148 valence electrons. The number of aliphatic carboxylic acids is 1. The van der Waals surface area contributed by atoms with E-state index < -0.39 is 42.3 Å². The molecule has 3 amide bonds. The molecule has 0 heterocycles. The van der Waals surface area contributed by atoms with Gasteiger partial charge in [-0.05, 0) is 23.6 Å². The normalized spacial score (nSPS) is 12.7. The number of phenols is 1. The van der Waals surface area contributed by atoms with E-state index in [0.717, 1.165) is 0 Å². The van der Waals surface area contributed by atoms with Crippen molar-refractivity contribution in [3.63, 3.8) is 0 Å². The second-order valence-electron chi connectivity index (χ2n) is 6.47. The SMILES string of the molecule is CC(=O)N[C@@H](Cc1ccc(O)cc1)C(=O)N[C@H](C(=O)NCC(=O)O)C(C)C. The van der Waals surface area contributed by atoms with E-state index >= 15 is 0 Å². The van der Waals surface area contributed by atoms with E-state index in [1.54, 1.807) is 26.0 Å². The van der Waals surface area contributed by atoms with Crippen molar-refractivity contribution in [3.8, 4) is 5.75 Å². The molecule has 0 aliphatic heterocycles. The number of carbonyl (C=O) groups is 4. The fraction of sp³-hybridized carbons (Fsp3) is 0.444. The molecule has 0 radical (unpaired) electrons. The van der Waals surface area contributed by atoms with Crippen molar-refractivity contribution in [2.24, 2.45) is 5.92 Å². The molecule has 1 aromatic rings. The van der Waals surface area contributed by atoms with Gasteiger partial charge in [0.15, 0.2) is 0 Å². The number of rotatable bonds is 9. The summed E-state index contributed by atoms with van der Waals surface area (Å²) in [5.41, 5.74) is 0.707. The molecule has 27 heavy (non-hydrogen) atoms. The van der Waals surface area contributed by atoms with Gasteiger partial charge in [0.25, 0.3) is 0 Å². The number of nitrogens with one attached hydrogen (secondary N) is 3. The highest BCUT2D eigenvalue weighted by atomic mass is 16.4. The molecule has 0 bridgehead atoms. The number of amides is 3. The summed E-state index contributed by atoms with van der Waals surface area (Å²) in [6.07, 6.45) is 0.160. The van der Waals surface area contributed by atoms with E-state index in [4.69, 9.17) is 5.11 Å². The minimum Gasteiger partial charge on any atom is -0.508 e. The molecule has 0 aliphatic carbocycles. The Morgan fingerprint density at radius 3 is 2.07 bits per heavy atom. The second kappa shape index (κ2) is 10.1. The van der Waals surface area contributed by atoms with Crippen LogP contribution in [0, 0.1) is 5.92 Å². The topological polar surface area (TPSA) is 145 Å². The molecule has 0 saturated carbocycles.